The van der Waals surface area contributed by atoms with Crippen LogP contribution in [0, 0.1) is 5.92 Å². The van der Waals surface area contributed by atoms with E-state index in [0.717, 1.165) is 25.9 Å². The second kappa shape index (κ2) is 7.89. The van der Waals surface area contributed by atoms with Crippen molar-refractivity contribution in [3.63, 3.8) is 0 Å². The molecule has 3 atom stereocenters. The minimum atomic E-state index is -0.638. The summed E-state index contributed by atoms with van der Waals surface area (Å²) in [4.78, 5) is 29.5. The SMILES string of the molecule is COC(=O)[C@@H]1[C@H]2CC[C@H](CN2Cc2ccccc2)CN1C(=O)OC(C)(C)C. The van der Waals surface area contributed by atoms with Gasteiger partial charge in [-0.3, -0.25) is 9.80 Å². The van der Waals surface area contributed by atoms with Gasteiger partial charge in [-0.1, -0.05) is 30.3 Å². The number of ether oxygens (including phenoxy) is 2. The van der Waals surface area contributed by atoms with E-state index in [-0.39, 0.29) is 12.0 Å². The number of hydrogen-bond acceptors (Lipinski definition) is 5. The highest BCUT2D eigenvalue weighted by atomic mass is 16.6. The molecule has 1 amide bonds. The maximum absolute atomic E-state index is 12.9. The molecule has 2 bridgehead atoms. The van der Waals surface area contributed by atoms with Crippen molar-refractivity contribution in [2.45, 2.75) is 57.8 Å². The summed E-state index contributed by atoms with van der Waals surface area (Å²) >= 11 is 0. The van der Waals surface area contributed by atoms with Gasteiger partial charge in [0.1, 0.15) is 11.6 Å². The average molecular weight is 374 g/mol. The third-order valence-corrected chi connectivity index (χ3v) is 5.29. The summed E-state index contributed by atoms with van der Waals surface area (Å²) < 4.78 is 10.7. The molecule has 0 unspecified atom stereocenters. The molecular weight excluding hydrogens is 344 g/mol. The monoisotopic (exact) mass is 374 g/mol. The fourth-order valence-electron chi connectivity index (χ4n) is 4.17. The van der Waals surface area contributed by atoms with E-state index in [1.807, 2.05) is 39.0 Å². The topological polar surface area (TPSA) is 59.1 Å². The van der Waals surface area contributed by atoms with Gasteiger partial charge in [-0.05, 0) is 45.1 Å². The molecule has 6 heteroatoms. The van der Waals surface area contributed by atoms with Crippen molar-refractivity contribution in [2.24, 2.45) is 5.92 Å². The largest absolute Gasteiger partial charge is 0.467 e. The zero-order valence-electron chi connectivity index (χ0n) is 16.7. The molecule has 0 saturated carbocycles. The summed E-state index contributed by atoms with van der Waals surface area (Å²) in [5.74, 6) is -0.0430. The number of carbonyl (C=O) groups excluding carboxylic acids is 2. The maximum Gasteiger partial charge on any atom is 0.411 e. The second-order valence-electron chi connectivity index (χ2n) is 8.53. The van der Waals surface area contributed by atoms with E-state index in [9.17, 15) is 9.59 Å². The minimum Gasteiger partial charge on any atom is -0.467 e. The lowest BCUT2D eigenvalue weighted by molar-refractivity contribution is -0.149. The normalized spacial score (nSPS) is 25.8. The Bertz CT molecular complexity index is 671. The molecule has 0 aromatic heterocycles. The number of rotatable bonds is 3. The van der Waals surface area contributed by atoms with Crippen molar-refractivity contribution < 1.29 is 19.1 Å². The summed E-state index contributed by atoms with van der Waals surface area (Å²) in [6.07, 6.45) is 1.44. The summed E-state index contributed by atoms with van der Waals surface area (Å²) in [6.45, 7) is 7.67. The van der Waals surface area contributed by atoms with E-state index in [2.05, 4.69) is 17.0 Å². The number of esters is 1. The van der Waals surface area contributed by atoms with Gasteiger partial charge in [-0.25, -0.2) is 9.59 Å². The summed E-state index contributed by atoms with van der Waals surface area (Å²) in [7, 11) is 1.38. The predicted molar refractivity (Wildman–Crippen MR) is 102 cm³/mol. The van der Waals surface area contributed by atoms with Crippen molar-refractivity contribution in [1.82, 2.24) is 9.80 Å². The van der Waals surface area contributed by atoms with Gasteiger partial charge in [0.25, 0.3) is 0 Å². The third kappa shape index (κ3) is 4.61. The van der Waals surface area contributed by atoms with Crippen LogP contribution in [0.4, 0.5) is 4.79 Å². The van der Waals surface area contributed by atoms with E-state index < -0.39 is 17.7 Å². The molecule has 0 spiro atoms. The Morgan fingerprint density at radius 1 is 1.11 bits per heavy atom. The lowest BCUT2D eigenvalue weighted by Crippen LogP contribution is -2.56. The first-order chi connectivity index (χ1) is 12.8. The van der Waals surface area contributed by atoms with Crippen LogP contribution in [0.25, 0.3) is 0 Å². The Morgan fingerprint density at radius 2 is 1.81 bits per heavy atom. The molecule has 0 radical (unpaired) electrons. The molecule has 4 rings (SSSR count). The minimum absolute atomic E-state index is 0.0658. The molecule has 3 saturated heterocycles. The van der Waals surface area contributed by atoms with Crippen LogP contribution in [0.1, 0.15) is 39.2 Å². The van der Waals surface area contributed by atoms with Crippen molar-refractivity contribution >= 4 is 12.1 Å². The van der Waals surface area contributed by atoms with Gasteiger partial charge >= 0.3 is 12.1 Å². The lowest BCUT2D eigenvalue weighted by Gasteiger charge is -2.39. The van der Waals surface area contributed by atoms with Gasteiger partial charge in [0.05, 0.1) is 7.11 Å². The number of methoxy groups -OCH3 is 1. The maximum atomic E-state index is 12.9. The van der Waals surface area contributed by atoms with E-state index in [1.54, 1.807) is 4.90 Å². The highest BCUT2D eigenvalue weighted by molar-refractivity contribution is 5.82. The molecule has 1 aromatic carbocycles. The second-order valence-corrected chi connectivity index (χ2v) is 8.53. The molecule has 6 nitrogen and oxygen atoms in total. The van der Waals surface area contributed by atoms with Gasteiger partial charge in [-0.15, -0.1) is 0 Å². The van der Waals surface area contributed by atoms with Crippen molar-refractivity contribution in [2.75, 3.05) is 20.2 Å². The zero-order chi connectivity index (χ0) is 19.6. The Hall–Kier alpha value is -2.08. The molecule has 0 aliphatic carbocycles. The lowest BCUT2D eigenvalue weighted by atomic mass is 9.91. The van der Waals surface area contributed by atoms with Crippen LogP contribution < -0.4 is 0 Å². The summed E-state index contributed by atoms with van der Waals surface area (Å²) in [5.41, 5.74) is 0.602. The fraction of sp³-hybridized carbons (Fsp3) is 0.619. The number of hydrogen-bond donors (Lipinski definition) is 0. The summed E-state index contributed by atoms with van der Waals surface area (Å²) in [5, 5.41) is 0. The number of carbonyl (C=O) groups is 2. The number of fused-ring (bicyclic) bond motifs is 4. The van der Waals surface area contributed by atoms with Crippen molar-refractivity contribution in [3.8, 4) is 0 Å². The highest BCUT2D eigenvalue weighted by Gasteiger charge is 2.48. The molecule has 3 heterocycles. The Morgan fingerprint density at radius 3 is 2.44 bits per heavy atom. The van der Waals surface area contributed by atoms with Gasteiger partial charge in [-0.2, -0.15) is 0 Å². The molecule has 1 aromatic rings. The van der Waals surface area contributed by atoms with Crippen LogP contribution in [0.5, 0.6) is 0 Å². The zero-order valence-corrected chi connectivity index (χ0v) is 16.7. The van der Waals surface area contributed by atoms with E-state index >= 15 is 0 Å². The standard InChI is InChI=1S/C21H30N2O4/c1-21(2,3)27-20(25)23-14-16-10-11-17(18(23)19(24)26-4)22(13-16)12-15-8-6-5-7-9-15/h5-9,16-18H,10-14H2,1-4H3/t16-,17-,18+/m1/s1. The number of benzene rings is 1. The Labute approximate surface area is 161 Å². The van der Waals surface area contributed by atoms with Crippen molar-refractivity contribution in [1.29, 1.82) is 0 Å². The average Bonchev–Trinajstić information content (AvgIpc) is 2.89. The molecule has 3 aliphatic heterocycles. The first kappa shape index (κ1) is 19.7. The van der Waals surface area contributed by atoms with Gasteiger partial charge in [0.2, 0.25) is 0 Å². The van der Waals surface area contributed by atoms with Crippen LogP contribution >= 0.6 is 0 Å². The smallest absolute Gasteiger partial charge is 0.411 e. The molecule has 0 N–H and O–H groups in total. The van der Waals surface area contributed by atoms with E-state index in [1.165, 1.54) is 12.7 Å². The first-order valence-electron chi connectivity index (χ1n) is 9.64. The van der Waals surface area contributed by atoms with Crippen LogP contribution in [-0.4, -0.2) is 59.7 Å². The van der Waals surface area contributed by atoms with Gasteiger partial charge in [0, 0.05) is 25.7 Å². The van der Waals surface area contributed by atoms with E-state index in [0.29, 0.717) is 12.5 Å². The van der Waals surface area contributed by atoms with Crippen LogP contribution in [0.3, 0.4) is 0 Å². The highest BCUT2D eigenvalue weighted by Crippen LogP contribution is 2.34. The number of piperidine rings is 1. The van der Waals surface area contributed by atoms with Crippen LogP contribution in [0.15, 0.2) is 30.3 Å². The molecule has 3 fully saturated rings. The van der Waals surface area contributed by atoms with Gasteiger partial charge < -0.3 is 9.47 Å². The Kier molecular flexibility index (Phi) is 5.75. The van der Waals surface area contributed by atoms with Gasteiger partial charge in [0.15, 0.2) is 0 Å². The third-order valence-electron chi connectivity index (χ3n) is 5.29. The quantitative estimate of drug-likeness (QED) is 0.761. The van der Waals surface area contributed by atoms with Crippen molar-refractivity contribution in [3.05, 3.63) is 35.9 Å². The van der Waals surface area contributed by atoms with Crippen LogP contribution in [0.2, 0.25) is 0 Å². The molecular formula is C21H30N2O4. The van der Waals surface area contributed by atoms with Crippen LogP contribution in [-0.2, 0) is 20.8 Å². The Balaban J connectivity index is 1.87. The first-order valence-corrected chi connectivity index (χ1v) is 9.64. The fourth-order valence-corrected chi connectivity index (χ4v) is 4.17. The summed E-state index contributed by atoms with van der Waals surface area (Å²) in [6, 6.07) is 9.53. The predicted octanol–water partition coefficient (Wildman–Crippen LogP) is 3.06. The number of nitrogens with zero attached hydrogens (tertiary/aromatic N) is 2. The molecule has 3 aliphatic rings. The molecule has 148 valence electrons. The molecule has 27 heavy (non-hydrogen) atoms. The number of amides is 1. The van der Waals surface area contributed by atoms with E-state index in [4.69, 9.17) is 9.47 Å².